The predicted octanol–water partition coefficient (Wildman–Crippen LogP) is 32.4. The monoisotopic (exact) mass is 1700 g/mol. The maximum Gasteiger partial charge on any atom is 0.252 e. The summed E-state index contributed by atoms with van der Waals surface area (Å²) >= 11 is 0. The summed E-state index contributed by atoms with van der Waals surface area (Å²) in [6.45, 7) is 58.9. The molecular formula is C122H118BN5O2. The molecule has 0 unspecified atom stereocenters. The minimum atomic E-state index is -0.609. The second kappa shape index (κ2) is 28.2. The molecule has 15 aromatic carbocycles. The number of fused-ring (bicyclic) bond motifs is 19. The van der Waals surface area contributed by atoms with E-state index < -0.39 is 43.0 Å². The Labute approximate surface area is 777 Å². The highest BCUT2D eigenvalue weighted by Crippen LogP contribution is 2.55. The molecule has 0 atom stereocenters. The minimum absolute atomic E-state index is 0.00936. The van der Waals surface area contributed by atoms with Crippen molar-refractivity contribution in [2.24, 2.45) is 0 Å². The second-order valence-corrected chi connectivity index (χ2v) is 43.8. The Hall–Kier alpha value is -13.0. The van der Waals surface area contributed by atoms with Crippen LogP contribution in [0.25, 0.3) is 149 Å². The fourth-order valence-corrected chi connectivity index (χ4v) is 21.6. The van der Waals surface area contributed by atoms with Gasteiger partial charge in [0.05, 0.1) is 61.1 Å². The molecule has 0 saturated heterocycles. The Balaban J connectivity index is 0.940. The van der Waals surface area contributed by atoms with Gasteiger partial charge in [-0.15, -0.1) is 0 Å². The molecule has 20 aromatic rings. The van der Waals surface area contributed by atoms with Gasteiger partial charge in [0, 0.05) is 99.1 Å². The van der Waals surface area contributed by atoms with Crippen LogP contribution < -0.4 is 26.2 Å². The fourth-order valence-electron chi connectivity index (χ4n) is 21.6. The number of hydrogen-bond acceptors (Lipinski definition) is 4. The summed E-state index contributed by atoms with van der Waals surface area (Å²) < 4.78 is 100.0. The van der Waals surface area contributed by atoms with Gasteiger partial charge in [-0.2, -0.15) is 0 Å². The average molecular weight is 1710 g/mol. The van der Waals surface area contributed by atoms with E-state index in [0.29, 0.717) is 28.2 Å². The lowest BCUT2D eigenvalue weighted by atomic mass is 9.33. The molecule has 646 valence electrons. The van der Waals surface area contributed by atoms with Gasteiger partial charge in [0.2, 0.25) is 0 Å². The average Bonchev–Trinajstić information content (AvgIpc) is 0.958. The van der Waals surface area contributed by atoms with Gasteiger partial charge >= 0.3 is 0 Å². The molecule has 2 aliphatic rings. The van der Waals surface area contributed by atoms with E-state index >= 15 is 0 Å². The molecule has 22 rings (SSSR count). The Kier molecular flexibility index (Phi) is 16.0. The zero-order chi connectivity index (χ0) is 98.0. The van der Waals surface area contributed by atoms with E-state index in [4.69, 9.17) is 8.83 Å². The fraction of sp³-hybridized carbons (Fsp3) is 0.262. The number of benzene rings is 15. The van der Waals surface area contributed by atoms with Crippen molar-refractivity contribution in [2.75, 3.05) is 9.80 Å². The highest BCUT2D eigenvalue weighted by molar-refractivity contribution is 7.00. The molecule has 2 aliphatic heterocycles. The lowest BCUT2D eigenvalue weighted by Gasteiger charge is -2.44. The smallest absolute Gasteiger partial charge is 0.252 e. The molecule has 0 spiro atoms. The molecule has 0 bridgehead atoms. The second-order valence-electron chi connectivity index (χ2n) is 43.8. The molecule has 8 heteroatoms. The van der Waals surface area contributed by atoms with Gasteiger partial charge in [0.15, 0.2) is 11.2 Å². The largest absolute Gasteiger partial charge is 0.453 e. The van der Waals surface area contributed by atoms with E-state index in [0.717, 1.165) is 138 Å². The first-order valence-corrected chi connectivity index (χ1v) is 46.3. The molecule has 0 N–H and O–H groups in total. The first-order chi connectivity index (χ1) is 64.9. The first-order valence-electron chi connectivity index (χ1n) is 50.3. The molecular weight excluding hydrogens is 1580 g/mol. The van der Waals surface area contributed by atoms with Gasteiger partial charge in [0.25, 0.3) is 6.71 Å². The lowest BCUT2D eigenvalue weighted by Crippen LogP contribution is -2.61. The van der Waals surface area contributed by atoms with Crippen LogP contribution >= 0.6 is 0 Å². The topological polar surface area (TPSA) is 47.6 Å². The Morgan fingerprint density at radius 2 is 0.600 bits per heavy atom. The summed E-state index contributed by atoms with van der Waals surface area (Å²) in [6.07, 6.45) is 0. The molecule has 0 amide bonds. The van der Waals surface area contributed by atoms with E-state index in [9.17, 15) is 11.0 Å². The van der Waals surface area contributed by atoms with Crippen molar-refractivity contribution >= 4 is 167 Å². The van der Waals surface area contributed by atoms with Crippen LogP contribution in [0.2, 0.25) is 0 Å². The van der Waals surface area contributed by atoms with Crippen LogP contribution in [0.4, 0.5) is 34.1 Å². The van der Waals surface area contributed by atoms with Crippen LogP contribution in [0.1, 0.15) is 213 Å². The zero-order valence-electron chi connectivity index (χ0n) is 88.1. The highest BCUT2D eigenvalue weighted by Gasteiger charge is 2.46. The number of para-hydroxylation sites is 6. The summed E-state index contributed by atoms with van der Waals surface area (Å²) in [5.41, 5.74) is 37.2. The normalized spacial score (nSPS) is 14.4. The summed E-state index contributed by atoms with van der Waals surface area (Å²) in [5.74, 6) is 0. The molecule has 5 aromatic heterocycles. The first kappa shape index (κ1) is 73.8. The van der Waals surface area contributed by atoms with Crippen LogP contribution in [-0.4, -0.2) is 20.4 Å². The molecule has 0 saturated carbocycles. The third-order valence-corrected chi connectivity index (χ3v) is 29.8. The summed E-state index contributed by atoms with van der Waals surface area (Å²) in [7, 11) is 0. The Morgan fingerprint density at radius 1 is 0.262 bits per heavy atom. The number of rotatable bonds is 7. The minimum Gasteiger partial charge on any atom is -0.453 e. The van der Waals surface area contributed by atoms with Crippen LogP contribution in [0.15, 0.2) is 251 Å². The van der Waals surface area contributed by atoms with Crippen molar-refractivity contribution < 1.29 is 19.8 Å². The molecule has 0 radical (unpaired) electrons. The van der Waals surface area contributed by atoms with E-state index in [2.05, 4.69) is 387 Å². The predicted molar refractivity (Wildman–Crippen MR) is 559 cm³/mol. The zero-order valence-corrected chi connectivity index (χ0v) is 80.1. The van der Waals surface area contributed by atoms with Crippen molar-refractivity contribution in [3.63, 3.8) is 0 Å². The van der Waals surface area contributed by atoms with Crippen LogP contribution in [-0.2, 0) is 32.5 Å². The highest BCUT2D eigenvalue weighted by atomic mass is 16.3. The van der Waals surface area contributed by atoms with Gasteiger partial charge in [-0.3, -0.25) is 0 Å². The maximum absolute atomic E-state index is 10.1. The van der Waals surface area contributed by atoms with E-state index in [-0.39, 0.29) is 66.4 Å². The number of furan rings is 2. The number of anilines is 6. The van der Waals surface area contributed by atoms with Gasteiger partial charge in [-0.05, 0) is 278 Å². The van der Waals surface area contributed by atoms with Crippen molar-refractivity contribution in [1.82, 2.24) is 13.7 Å². The van der Waals surface area contributed by atoms with Gasteiger partial charge in [0.1, 0.15) is 11.2 Å². The Bertz CT molecular complexity index is 8140. The quantitative estimate of drug-likeness (QED) is 0.149. The Morgan fingerprint density at radius 3 is 0.985 bits per heavy atom. The standard InChI is InChI=1S/C122H118BN5O2/c1-67-69(3)73(7)111-108(71(67)5)109-72(6)68(2)70(4)74(8)112(109)126(111)84-50-52-97-105(64-84)128(103-46-34-42-93-91-40-32-38-87(114(91)130-116(93)103)76-57-81(121(21,22)23)60-82(58-76)122(24,25)26)107-66-85(125-100-53-47-77(117(9,10)11)61-94(100)95-62-78(118(12,13)14)48-54-101(95)125)65-106-110(107)123(97)96-51-49-83(124-98-43-29-27-35-88(98)89-36-28-30-44-99(89)124)63-104(96)127(106)102-45-33-41-92-90-39-31-37-86(113(90)129-115(92)102)75-55-79(119(15,16)17)59-80(56-75)120(18,19)20/h27-66H,1-26H3/i27D,28D,29D,30D,35D,36D,43D,44D. The summed E-state index contributed by atoms with van der Waals surface area (Å²) in [4.78, 5) is 4.90. The SMILES string of the molecule is [2H]c1c([2H])c([2H])c2c(c1[2H])c1c([2H])c([2H])c([2H])c([2H])c1n2-c1ccc2c(c1)N(c1cccc3c1oc1c(-c4cc(C(C)(C)C)cc(C(C)(C)C)c4)cccc13)c1cc(-n3c4ccc(C(C)(C)C)cc4c4cc(C(C)(C)C)ccc43)cc3c1B2c1ccc(-n2c4c(C)c(C)c(C)c(C)c4c4c(C)c(C)c(C)c(C)c42)cc1N3c1cccc2c1oc1c(-c3cc(C(C)(C)C)cc(C(C)(C)C)c3)cccc12. The lowest BCUT2D eigenvalue weighted by molar-refractivity contribution is 0.568. The van der Waals surface area contributed by atoms with Crippen LogP contribution in [0.5, 0.6) is 0 Å². The van der Waals surface area contributed by atoms with Gasteiger partial charge in [-0.1, -0.05) is 282 Å². The number of hydrogen-bond donors (Lipinski definition) is 0. The molecule has 7 nitrogen and oxygen atoms in total. The van der Waals surface area contributed by atoms with Crippen molar-refractivity contribution in [2.45, 2.75) is 213 Å². The molecule has 0 fully saturated rings. The summed E-state index contributed by atoms with van der Waals surface area (Å²) in [5, 5.41) is 8.45. The third-order valence-electron chi connectivity index (χ3n) is 29.8. The van der Waals surface area contributed by atoms with Crippen LogP contribution in [0, 0.1) is 55.4 Å². The van der Waals surface area contributed by atoms with Gasteiger partial charge in [-0.25, -0.2) is 0 Å². The number of aromatic nitrogens is 3. The molecule has 7 heterocycles. The van der Waals surface area contributed by atoms with Crippen molar-refractivity contribution in [3.05, 3.63) is 320 Å². The third kappa shape index (κ3) is 12.3. The van der Waals surface area contributed by atoms with E-state index in [1.54, 1.807) is 4.57 Å². The van der Waals surface area contributed by atoms with E-state index in [1.807, 2.05) is 6.07 Å². The molecule has 130 heavy (non-hydrogen) atoms. The van der Waals surface area contributed by atoms with Gasteiger partial charge < -0.3 is 32.3 Å². The van der Waals surface area contributed by atoms with Crippen LogP contribution in [0.3, 0.4) is 0 Å². The van der Waals surface area contributed by atoms with Crippen molar-refractivity contribution in [3.8, 4) is 39.3 Å². The summed E-state index contributed by atoms with van der Waals surface area (Å²) in [6, 6.07) is 69.1. The number of nitrogens with zero attached hydrogens (tertiary/aromatic N) is 5. The van der Waals surface area contributed by atoms with Crippen molar-refractivity contribution in [1.29, 1.82) is 0 Å². The maximum atomic E-state index is 10.1. The molecule has 0 aliphatic carbocycles. The van der Waals surface area contributed by atoms with E-state index in [1.165, 1.54) is 88.7 Å². The number of aryl methyl sites for hydroxylation is 4.